The summed E-state index contributed by atoms with van der Waals surface area (Å²) in [6.07, 6.45) is -0.662. The Morgan fingerprint density at radius 1 is 1.25 bits per heavy atom. The molecule has 0 aromatic heterocycles. The molecule has 20 heavy (non-hydrogen) atoms. The fourth-order valence-corrected chi connectivity index (χ4v) is 2.21. The number of nitrogens with one attached hydrogen (secondary N) is 1. The van der Waals surface area contributed by atoms with E-state index in [4.69, 9.17) is 10.5 Å². The van der Waals surface area contributed by atoms with Gasteiger partial charge in [-0.1, -0.05) is 30.3 Å². The highest BCUT2D eigenvalue weighted by Gasteiger charge is 2.20. The van der Waals surface area contributed by atoms with Gasteiger partial charge in [0, 0.05) is 17.3 Å². The van der Waals surface area contributed by atoms with E-state index in [0.717, 1.165) is 10.0 Å². The molecule has 1 atom stereocenters. The zero-order valence-corrected chi connectivity index (χ0v) is 12.6. The first-order valence-electron chi connectivity index (χ1n) is 6.05. The highest BCUT2D eigenvalue weighted by Crippen LogP contribution is 2.26. The van der Waals surface area contributed by atoms with Crippen LogP contribution in [0.15, 0.2) is 53.0 Å². The Kier molecular flexibility index (Phi) is 4.76. The van der Waals surface area contributed by atoms with Crippen LogP contribution in [0.5, 0.6) is 0 Å². The maximum absolute atomic E-state index is 12.3. The van der Waals surface area contributed by atoms with E-state index in [1.54, 1.807) is 18.2 Å². The number of hydrogen-bond donors (Lipinski definition) is 2. The van der Waals surface area contributed by atoms with Crippen LogP contribution in [0, 0.1) is 0 Å². The average molecular weight is 335 g/mol. The van der Waals surface area contributed by atoms with Gasteiger partial charge in [-0.2, -0.15) is 0 Å². The number of ether oxygens (including phenoxy) is 1. The number of carbonyl (C=O) groups excluding carboxylic acids is 1. The number of nitrogen functional groups attached to an aromatic ring is 1. The summed E-state index contributed by atoms with van der Waals surface area (Å²) in [6.45, 7) is 0. The van der Waals surface area contributed by atoms with E-state index in [1.807, 2.05) is 30.3 Å². The number of nitrogens with two attached hydrogens (primary N) is 1. The van der Waals surface area contributed by atoms with E-state index in [9.17, 15) is 4.79 Å². The number of methoxy groups -OCH3 is 1. The molecule has 0 saturated carbocycles. The fourth-order valence-electron chi connectivity index (χ4n) is 1.86. The predicted octanol–water partition coefficient (Wildman–Crippen LogP) is 3.36. The molecule has 3 N–H and O–H groups in total. The first-order valence-corrected chi connectivity index (χ1v) is 6.84. The molecular weight excluding hydrogens is 320 g/mol. The van der Waals surface area contributed by atoms with Crippen molar-refractivity contribution in [3.05, 3.63) is 58.6 Å². The van der Waals surface area contributed by atoms with Gasteiger partial charge in [0.25, 0.3) is 5.91 Å². The number of anilines is 2. The van der Waals surface area contributed by atoms with Gasteiger partial charge in [0.15, 0.2) is 6.10 Å². The number of carbonyl (C=O) groups is 1. The third-order valence-electron chi connectivity index (χ3n) is 2.82. The minimum absolute atomic E-state index is 0.245. The Morgan fingerprint density at radius 3 is 2.60 bits per heavy atom. The topological polar surface area (TPSA) is 64.3 Å². The van der Waals surface area contributed by atoms with Crippen LogP contribution in [-0.4, -0.2) is 13.0 Å². The molecule has 0 radical (unpaired) electrons. The lowest BCUT2D eigenvalue weighted by molar-refractivity contribution is -0.126. The normalized spacial score (nSPS) is 11.9. The van der Waals surface area contributed by atoms with E-state index in [0.29, 0.717) is 11.4 Å². The summed E-state index contributed by atoms with van der Waals surface area (Å²) in [5.74, 6) is -0.245. The van der Waals surface area contributed by atoms with E-state index < -0.39 is 6.10 Å². The SMILES string of the molecule is COC(C(=O)Nc1cc(N)ccc1Br)c1ccccc1. The Hall–Kier alpha value is -1.85. The van der Waals surface area contributed by atoms with Gasteiger partial charge >= 0.3 is 0 Å². The molecule has 2 rings (SSSR count). The second kappa shape index (κ2) is 6.54. The number of hydrogen-bond acceptors (Lipinski definition) is 3. The summed E-state index contributed by atoms with van der Waals surface area (Å²) in [5, 5.41) is 2.81. The highest BCUT2D eigenvalue weighted by atomic mass is 79.9. The summed E-state index contributed by atoms with van der Waals surface area (Å²) in [6, 6.07) is 14.6. The molecule has 0 heterocycles. The van der Waals surface area contributed by atoms with Crippen LogP contribution in [0.3, 0.4) is 0 Å². The lowest BCUT2D eigenvalue weighted by Gasteiger charge is -2.16. The van der Waals surface area contributed by atoms with E-state index in [2.05, 4.69) is 21.2 Å². The molecule has 1 amide bonds. The Bertz CT molecular complexity index is 602. The summed E-state index contributed by atoms with van der Waals surface area (Å²) in [7, 11) is 1.51. The Labute approximate surface area is 126 Å². The van der Waals surface area contributed by atoms with Crippen molar-refractivity contribution in [3.63, 3.8) is 0 Å². The first-order chi connectivity index (χ1) is 9.61. The van der Waals surface area contributed by atoms with Crippen molar-refractivity contribution >= 4 is 33.2 Å². The summed E-state index contributed by atoms with van der Waals surface area (Å²) in [5.41, 5.74) is 7.72. The molecule has 5 heteroatoms. The smallest absolute Gasteiger partial charge is 0.258 e. The highest BCUT2D eigenvalue weighted by molar-refractivity contribution is 9.10. The quantitative estimate of drug-likeness (QED) is 0.842. The summed E-state index contributed by atoms with van der Waals surface area (Å²) < 4.78 is 6.05. The maximum atomic E-state index is 12.3. The number of halogens is 1. The van der Waals surface area contributed by atoms with Gasteiger partial charge in [-0.05, 0) is 39.7 Å². The van der Waals surface area contributed by atoms with Crippen molar-refractivity contribution in [2.75, 3.05) is 18.2 Å². The zero-order chi connectivity index (χ0) is 14.5. The lowest BCUT2D eigenvalue weighted by Crippen LogP contribution is -2.22. The third kappa shape index (κ3) is 3.37. The maximum Gasteiger partial charge on any atom is 0.258 e. The van der Waals surface area contributed by atoms with Crippen LogP contribution in [0.4, 0.5) is 11.4 Å². The molecule has 104 valence electrons. The van der Waals surface area contributed by atoms with Crippen molar-refractivity contribution in [3.8, 4) is 0 Å². The van der Waals surface area contributed by atoms with Crippen LogP contribution < -0.4 is 11.1 Å². The van der Waals surface area contributed by atoms with Crippen LogP contribution in [-0.2, 0) is 9.53 Å². The number of amides is 1. The predicted molar refractivity (Wildman–Crippen MR) is 83.4 cm³/mol. The molecule has 2 aromatic carbocycles. The molecule has 0 fully saturated rings. The van der Waals surface area contributed by atoms with Gasteiger partial charge in [-0.15, -0.1) is 0 Å². The minimum Gasteiger partial charge on any atom is -0.399 e. The molecule has 2 aromatic rings. The number of benzene rings is 2. The Morgan fingerprint density at radius 2 is 1.95 bits per heavy atom. The zero-order valence-electron chi connectivity index (χ0n) is 11.0. The van der Waals surface area contributed by atoms with Crippen molar-refractivity contribution in [1.29, 1.82) is 0 Å². The van der Waals surface area contributed by atoms with Gasteiger partial charge in [-0.3, -0.25) is 4.79 Å². The van der Waals surface area contributed by atoms with Crippen molar-refractivity contribution in [2.45, 2.75) is 6.10 Å². The molecule has 0 bridgehead atoms. The summed E-state index contributed by atoms with van der Waals surface area (Å²) >= 11 is 3.38. The molecule has 4 nitrogen and oxygen atoms in total. The number of rotatable bonds is 4. The largest absolute Gasteiger partial charge is 0.399 e. The monoisotopic (exact) mass is 334 g/mol. The molecule has 0 spiro atoms. The van der Waals surface area contributed by atoms with Gasteiger partial charge in [-0.25, -0.2) is 0 Å². The van der Waals surface area contributed by atoms with Crippen LogP contribution >= 0.6 is 15.9 Å². The average Bonchev–Trinajstić information content (AvgIpc) is 2.45. The second-order valence-electron chi connectivity index (χ2n) is 4.25. The van der Waals surface area contributed by atoms with Gasteiger partial charge in [0.1, 0.15) is 0 Å². The van der Waals surface area contributed by atoms with Gasteiger partial charge in [0.05, 0.1) is 5.69 Å². The van der Waals surface area contributed by atoms with Crippen LogP contribution in [0.2, 0.25) is 0 Å². The van der Waals surface area contributed by atoms with Crippen molar-refractivity contribution in [1.82, 2.24) is 0 Å². The first kappa shape index (κ1) is 14.6. The van der Waals surface area contributed by atoms with E-state index in [1.165, 1.54) is 7.11 Å². The molecule has 1 unspecified atom stereocenters. The summed E-state index contributed by atoms with van der Waals surface area (Å²) in [4.78, 5) is 12.3. The second-order valence-corrected chi connectivity index (χ2v) is 5.11. The van der Waals surface area contributed by atoms with E-state index in [-0.39, 0.29) is 5.91 Å². The Balaban J connectivity index is 2.20. The van der Waals surface area contributed by atoms with Crippen LogP contribution in [0.1, 0.15) is 11.7 Å². The van der Waals surface area contributed by atoms with Crippen molar-refractivity contribution < 1.29 is 9.53 Å². The van der Waals surface area contributed by atoms with Gasteiger partial charge < -0.3 is 15.8 Å². The third-order valence-corrected chi connectivity index (χ3v) is 3.52. The minimum atomic E-state index is -0.662. The molecule has 0 aliphatic carbocycles. The van der Waals surface area contributed by atoms with Gasteiger partial charge in [0.2, 0.25) is 0 Å². The molecule has 0 aliphatic heterocycles. The fraction of sp³-hybridized carbons (Fsp3) is 0.133. The van der Waals surface area contributed by atoms with E-state index >= 15 is 0 Å². The molecular formula is C15H15BrN2O2. The molecule has 0 saturated heterocycles. The molecule has 0 aliphatic rings. The standard InChI is InChI=1S/C15H15BrN2O2/c1-20-14(10-5-3-2-4-6-10)15(19)18-13-9-11(17)7-8-12(13)16/h2-9,14H,17H2,1H3,(H,18,19). The van der Waals surface area contributed by atoms with Crippen molar-refractivity contribution in [2.24, 2.45) is 0 Å². The van der Waals surface area contributed by atoms with Crippen LogP contribution in [0.25, 0.3) is 0 Å². The lowest BCUT2D eigenvalue weighted by atomic mass is 10.1.